The maximum absolute atomic E-state index is 12.9. The molecule has 174 valence electrons. The van der Waals surface area contributed by atoms with E-state index >= 15 is 0 Å². The lowest BCUT2D eigenvalue weighted by molar-refractivity contribution is 0.0751. The van der Waals surface area contributed by atoms with Crippen molar-refractivity contribution in [3.63, 3.8) is 0 Å². The summed E-state index contributed by atoms with van der Waals surface area (Å²) in [7, 11) is 0. The van der Waals surface area contributed by atoms with Gasteiger partial charge in [-0.2, -0.15) is 0 Å². The Hall–Kier alpha value is -2.77. The summed E-state index contributed by atoms with van der Waals surface area (Å²) in [4.78, 5) is 30.9. The van der Waals surface area contributed by atoms with Gasteiger partial charge in [0.15, 0.2) is 0 Å². The zero-order valence-corrected chi connectivity index (χ0v) is 20.8. The number of hydrogen-bond acceptors (Lipinski definition) is 6. The molecule has 4 heterocycles. The largest absolute Gasteiger partial charge is 0.352 e. The Kier molecular flexibility index (Phi) is 6.05. The Morgan fingerprint density at radius 2 is 1.74 bits per heavy atom. The monoisotopic (exact) mass is 488 g/mol. The van der Waals surface area contributed by atoms with Gasteiger partial charge in [0.25, 0.3) is 5.91 Å². The third-order valence-corrected chi connectivity index (χ3v) is 8.94. The number of aryl methyl sites for hydroxylation is 2. The molecular weight excluding hydrogens is 460 g/mol. The van der Waals surface area contributed by atoms with Gasteiger partial charge in [0.05, 0.1) is 10.3 Å². The molecule has 0 unspecified atom stereocenters. The molecule has 0 saturated carbocycles. The van der Waals surface area contributed by atoms with E-state index in [4.69, 9.17) is 9.97 Å². The molecule has 1 aliphatic carbocycles. The fraction of sp³-hybridized carbons (Fsp3) is 0.370. The van der Waals surface area contributed by atoms with E-state index in [0.717, 1.165) is 66.8 Å². The van der Waals surface area contributed by atoms with Crippen molar-refractivity contribution in [2.75, 3.05) is 31.1 Å². The van der Waals surface area contributed by atoms with Crippen LogP contribution in [0.5, 0.6) is 0 Å². The predicted molar refractivity (Wildman–Crippen MR) is 140 cm³/mol. The van der Waals surface area contributed by atoms with E-state index < -0.39 is 0 Å². The first-order valence-electron chi connectivity index (χ1n) is 12.2. The normalized spacial score (nSPS) is 16.5. The Bertz CT molecular complexity index is 1290. The number of carbonyl (C=O) groups is 1. The first-order chi connectivity index (χ1) is 16.8. The smallest absolute Gasteiger partial charge is 0.264 e. The molecule has 0 spiro atoms. The first kappa shape index (κ1) is 21.7. The van der Waals surface area contributed by atoms with Crippen molar-refractivity contribution in [2.45, 2.75) is 38.5 Å². The number of nitrogens with zero attached hydrogens (tertiary/aromatic N) is 4. The molecule has 1 amide bonds. The van der Waals surface area contributed by atoms with E-state index in [0.29, 0.717) is 0 Å². The summed E-state index contributed by atoms with van der Waals surface area (Å²) in [6, 6.07) is 14.4. The molecule has 0 atom stereocenters. The van der Waals surface area contributed by atoms with Crippen LogP contribution in [0.1, 0.15) is 50.8 Å². The standard InChI is InChI=1S/C27H28N4OS2/c32-27(22-12-7-17-33-22)31-15-13-30(14-16-31)25-24-20-10-5-2-6-11-21(20)34-26(24)29-23(28-25)18-19-8-3-1-4-9-19/h1,3-4,7-9,12,17H,2,5-6,10-11,13-16,18H2. The number of fused-ring (bicyclic) bond motifs is 3. The molecule has 0 bridgehead atoms. The number of amides is 1. The number of anilines is 1. The van der Waals surface area contributed by atoms with Crippen LogP contribution in [0.3, 0.4) is 0 Å². The van der Waals surface area contributed by atoms with Gasteiger partial charge in [-0.3, -0.25) is 4.79 Å². The van der Waals surface area contributed by atoms with Gasteiger partial charge < -0.3 is 9.80 Å². The van der Waals surface area contributed by atoms with Gasteiger partial charge in [-0.25, -0.2) is 9.97 Å². The fourth-order valence-corrected chi connectivity index (χ4v) is 7.09. The molecule has 1 fully saturated rings. The topological polar surface area (TPSA) is 49.3 Å². The highest BCUT2D eigenvalue weighted by molar-refractivity contribution is 7.19. The number of hydrogen-bond donors (Lipinski definition) is 0. The molecule has 0 radical (unpaired) electrons. The molecule has 34 heavy (non-hydrogen) atoms. The van der Waals surface area contributed by atoms with Crippen molar-refractivity contribution in [3.05, 3.63) is 74.6 Å². The third kappa shape index (κ3) is 4.23. The summed E-state index contributed by atoms with van der Waals surface area (Å²) < 4.78 is 0. The van der Waals surface area contributed by atoms with E-state index in [1.807, 2.05) is 39.8 Å². The lowest BCUT2D eigenvalue weighted by Crippen LogP contribution is -2.49. The maximum Gasteiger partial charge on any atom is 0.264 e. The van der Waals surface area contributed by atoms with Gasteiger partial charge in [-0.1, -0.05) is 42.8 Å². The van der Waals surface area contributed by atoms with Crippen molar-refractivity contribution in [1.29, 1.82) is 0 Å². The van der Waals surface area contributed by atoms with E-state index in [1.54, 1.807) is 0 Å². The number of aromatic nitrogens is 2. The number of benzene rings is 1. The lowest BCUT2D eigenvalue weighted by Gasteiger charge is -2.35. The van der Waals surface area contributed by atoms with Crippen LogP contribution >= 0.6 is 22.7 Å². The number of piperazine rings is 1. The average Bonchev–Trinajstić information content (AvgIpc) is 3.47. The summed E-state index contributed by atoms with van der Waals surface area (Å²) in [6.07, 6.45) is 6.83. The van der Waals surface area contributed by atoms with E-state index in [1.165, 1.54) is 52.0 Å². The third-order valence-electron chi connectivity index (χ3n) is 6.90. The van der Waals surface area contributed by atoms with E-state index in [2.05, 4.69) is 29.2 Å². The number of thiophene rings is 2. The van der Waals surface area contributed by atoms with Crippen molar-refractivity contribution in [1.82, 2.24) is 14.9 Å². The molecule has 1 aromatic carbocycles. The minimum absolute atomic E-state index is 0.150. The van der Waals surface area contributed by atoms with Gasteiger partial charge in [-0.05, 0) is 48.3 Å². The lowest BCUT2D eigenvalue weighted by atomic mass is 10.1. The Labute approximate surface area is 208 Å². The van der Waals surface area contributed by atoms with Crippen molar-refractivity contribution in [3.8, 4) is 0 Å². The molecular formula is C27H28N4OS2. The van der Waals surface area contributed by atoms with E-state index in [9.17, 15) is 4.79 Å². The minimum Gasteiger partial charge on any atom is -0.352 e. The van der Waals surface area contributed by atoms with Crippen LogP contribution in [0, 0.1) is 0 Å². The molecule has 7 heteroatoms. The fourth-order valence-electron chi connectivity index (χ4n) is 5.12. The van der Waals surface area contributed by atoms with Gasteiger partial charge >= 0.3 is 0 Å². The highest BCUT2D eigenvalue weighted by Gasteiger charge is 2.27. The van der Waals surface area contributed by atoms with E-state index in [-0.39, 0.29) is 5.91 Å². The summed E-state index contributed by atoms with van der Waals surface area (Å²) in [5, 5.41) is 3.24. The van der Waals surface area contributed by atoms with Gasteiger partial charge in [0.2, 0.25) is 0 Å². The van der Waals surface area contributed by atoms with Crippen molar-refractivity contribution < 1.29 is 4.79 Å². The quantitative estimate of drug-likeness (QED) is 0.352. The van der Waals surface area contributed by atoms with Crippen LogP contribution < -0.4 is 4.90 Å². The molecule has 2 aliphatic rings. The molecule has 6 rings (SSSR count). The predicted octanol–water partition coefficient (Wildman–Crippen LogP) is 5.57. The van der Waals surface area contributed by atoms with Crippen LogP contribution in [0.4, 0.5) is 5.82 Å². The molecule has 5 nitrogen and oxygen atoms in total. The zero-order chi connectivity index (χ0) is 22.9. The minimum atomic E-state index is 0.150. The Morgan fingerprint density at radius 1 is 0.912 bits per heavy atom. The molecule has 4 aromatic rings. The summed E-state index contributed by atoms with van der Waals surface area (Å²) in [5.74, 6) is 2.12. The number of carbonyl (C=O) groups excluding carboxylic acids is 1. The summed E-state index contributed by atoms with van der Waals surface area (Å²) in [6.45, 7) is 3.06. The van der Waals surface area contributed by atoms with Crippen molar-refractivity contribution >= 4 is 44.6 Å². The van der Waals surface area contributed by atoms with Crippen LogP contribution in [-0.4, -0.2) is 47.0 Å². The molecule has 1 aliphatic heterocycles. The zero-order valence-electron chi connectivity index (χ0n) is 19.2. The van der Waals surface area contributed by atoms with Crippen LogP contribution in [0.15, 0.2) is 47.8 Å². The second-order valence-corrected chi connectivity index (χ2v) is 11.2. The number of rotatable bonds is 4. The Balaban J connectivity index is 1.34. The van der Waals surface area contributed by atoms with Gasteiger partial charge in [0, 0.05) is 37.5 Å². The molecule has 3 aromatic heterocycles. The molecule has 1 saturated heterocycles. The SMILES string of the molecule is O=C(c1cccs1)N1CCN(c2nc(Cc3ccccc3)nc3sc4c(c23)CCCCC4)CC1. The second kappa shape index (κ2) is 9.47. The summed E-state index contributed by atoms with van der Waals surface area (Å²) >= 11 is 3.40. The van der Waals surface area contributed by atoms with Crippen LogP contribution in [0.25, 0.3) is 10.2 Å². The van der Waals surface area contributed by atoms with Gasteiger partial charge in [0.1, 0.15) is 16.5 Å². The highest BCUT2D eigenvalue weighted by Crippen LogP contribution is 2.39. The van der Waals surface area contributed by atoms with Crippen LogP contribution in [-0.2, 0) is 19.3 Å². The second-order valence-electron chi connectivity index (χ2n) is 9.13. The molecule has 0 N–H and O–H groups in total. The van der Waals surface area contributed by atoms with Crippen LogP contribution in [0.2, 0.25) is 0 Å². The maximum atomic E-state index is 12.9. The summed E-state index contributed by atoms with van der Waals surface area (Å²) in [5.41, 5.74) is 2.72. The first-order valence-corrected chi connectivity index (χ1v) is 13.9. The average molecular weight is 489 g/mol. The Morgan fingerprint density at radius 3 is 2.53 bits per heavy atom. The highest BCUT2D eigenvalue weighted by atomic mass is 32.1. The van der Waals surface area contributed by atoms with Crippen molar-refractivity contribution in [2.24, 2.45) is 0 Å². The van der Waals surface area contributed by atoms with Gasteiger partial charge in [-0.15, -0.1) is 22.7 Å².